The van der Waals surface area contributed by atoms with Gasteiger partial charge in [-0.05, 0) is 12.8 Å². The zero-order valence-corrected chi connectivity index (χ0v) is 39.0. The summed E-state index contributed by atoms with van der Waals surface area (Å²) in [5.74, 6) is -0.308. The maximum atomic E-state index is 12.7. The summed E-state index contributed by atoms with van der Waals surface area (Å²) in [4.78, 5) is 22.9. The molecule has 0 aromatic heterocycles. The van der Waals surface area contributed by atoms with E-state index in [9.17, 15) is 14.3 Å². The van der Waals surface area contributed by atoms with Crippen molar-refractivity contribution in [3.8, 4) is 0 Å². The molecule has 0 aromatic carbocycles. The van der Waals surface area contributed by atoms with Crippen LogP contribution in [0, 0.1) is 0 Å². The minimum absolute atomic E-state index is 0.0939. The Kier molecular flexibility index (Phi) is 40.9. The van der Waals surface area contributed by atoms with Crippen molar-refractivity contribution in [2.45, 2.75) is 245 Å². The molecule has 0 amide bonds. The second-order valence-electron chi connectivity index (χ2n) is 17.9. The van der Waals surface area contributed by atoms with Gasteiger partial charge in [-0.3, -0.25) is 13.8 Å². The molecule has 9 heteroatoms. The zero-order valence-electron chi connectivity index (χ0n) is 38.2. The quantitative estimate of drug-likeness (QED) is 0.0283. The normalized spacial score (nSPS) is 13.6. The molecule has 0 aliphatic heterocycles. The van der Waals surface area contributed by atoms with Crippen LogP contribution in [0.3, 0.4) is 0 Å². The van der Waals surface area contributed by atoms with Crippen molar-refractivity contribution in [1.82, 2.24) is 0 Å². The van der Waals surface area contributed by atoms with Crippen molar-refractivity contribution in [2.24, 2.45) is 0 Å². The number of quaternary nitrogens is 1. The summed E-state index contributed by atoms with van der Waals surface area (Å²) in [6.07, 6.45) is 44.3. The Morgan fingerprint density at radius 1 is 0.482 bits per heavy atom. The summed E-state index contributed by atoms with van der Waals surface area (Å²) in [5, 5.41) is 0. The first-order valence-corrected chi connectivity index (χ1v) is 25.8. The Morgan fingerprint density at radius 2 is 0.821 bits per heavy atom. The number of rotatable bonds is 46. The molecule has 0 aliphatic rings. The summed E-state index contributed by atoms with van der Waals surface area (Å²) in [7, 11) is 1.69. The second-order valence-corrected chi connectivity index (χ2v) is 19.3. The molecule has 56 heavy (non-hydrogen) atoms. The van der Waals surface area contributed by atoms with Gasteiger partial charge in [0.1, 0.15) is 19.3 Å². The van der Waals surface area contributed by atoms with Crippen LogP contribution in [-0.4, -0.2) is 75.6 Å². The first kappa shape index (κ1) is 55.5. The number of ether oxygens (including phenoxy) is 2. The van der Waals surface area contributed by atoms with E-state index in [1.54, 1.807) is 0 Å². The van der Waals surface area contributed by atoms with E-state index in [1.165, 1.54) is 186 Å². The molecule has 1 N–H and O–H groups in total. The van der Waals surface area contributed by atoms with E-state index >= 15 is 0 Å². The number of hydrogen-bond acceptors (Lipinski definition) is 6. The molecule has 0 aliphatic carbocycles. The summed E-state index contributed by atoms with van der Waals surface area (Å²) < 4.78 is 35.1. The summed E-state index contributed by atoms with van der Waals surface area (Å²) >= 11 is 0. The summed E-state index contributed by atoms with van der Waals surface area (Å²) in [6.45, 7) is 5.68. The topological polar surface area (TPSA) is 91.3 Å². The van der Waals surface area contributed by atoms with Gasteiger partial charge in [-0.15, -0.1) is 0 Å². The summed E-state index contributed by atoms with van der Waals surface area (Å²) in [6, 6.07) is 0. The van der Waals surface area contributed by atoms with Crippen molar-refractivity contribution in [2.75, 3.05) is 54.1 Å². The van der Waals surface area contributed by atoms with Gasteiger partial charge in [0, 0.05) is 13.0 Å². The van der Waals surface area contributed by atoms with Crippen molar-refractivity contribution in [1.29, 1.82) is 0 Å². The van der Waals surface area contributed by atoms with Gasteiger partial charge in [0.2, 0.25) is 0 Å². The number of esters is 1. The number of nitrogens with zero attached hydrogens (tertiary/aromatic N) is 1. The fourth-order valence-electron chi connectivity index (χ4n) is 7.14. The highest BCUT2D eigenvalue weighted by atomic mass is 31.2. The molecule has 0 bridgehead atoms. The van der Waals surface area contributed by atoms with Gasteiger partial charge < -0.3 is 18.9 Å². The fourth-order valence-corrected chi connectivity index (χ4v) is 7.89. The molecule has 0 heterocycles. The van der Waals surface area contributed by atoms with Crippen LogP contribution in [0.2, 0.25) is 0 Å². The molecule has 2 atom stereocenters. The van der Waals surface area contributed by atoms with Crippen LogP contribution in [0.5, 0.6) is 0 Å². The zero-order chi connectivity index (χ0) is 41.3. The number of carbonyl (C=O) groups is 1. The smallest absolute Gasteiger partial charge is 0.457 e. The molecule has 0 aromatic rings. The molecular formula is C47H97NO7P+. The maximum absolute atomic E-state index is 12.7. The average molecular weight is 819 g/mol. The van der Waals surface area contributed by atoms with E-state index in [0.29, 0.717) is 24.1 Å². The van der Waals surface area contributed by atoms with Crippen molar-refractivity contribution < 1.29 is 37.3 Å². The number of phosphoric acid groups is 1. The van der Waals surface area contributed by atoms with E-state index < -0.39 is 13.9 Å². The standard InChI is InChI=1S/C47H96NO7P/c1-6-8-10-12-14-16-18-20-21-22-23-24-25-26-27-28-29-31-33-35-37-39-42-52-44-46(45-54-56(50,51)53-43-41-48(3,4)5)55-47(49)40-38-36-34-32-30-19-17-15-13-11-9-7-2/h46H,6-45H2,1-5H3/p+1. The Labute approximate surface area is 348 Å². The van der Waals surface area contributed by atoms with Crippen LogP contribution in [0.1, 0.15) is 239 Å². The first-order chi connectivity index (χ1) is 27.1. The molecule has 0 spiro atoms. The lowest BCUT2D eigenvalue weighted by molar-refractivity contribution is -0.870. The Bertz CT molecular complexity index is 868. The summed E-state index contributed by atoms with van der Waals surface area (Å²) in [5.41, 5.74) is 0. The van der Waals surface area contributed by atoms with Gasteiger partial charge in [0.15, 0.2) is 0 Å². The van der Waals surface area contributed by atoms with Crippen LogP contribution >= 0.6 is 7.82 Å². The third-order valence-corrected chi connectivity index (χ3v) is 11.9. The van der Waals surface area contributed by atoms with Crippen molar-refractivity contribution in [3.63, 3.8) is 0 Å². The van der Waals surface area contributed by atoms with Crippen molar-refractivity contribution >= 4 is 13.8 Å². The van der Waals surface area contributed by atoms with Gasteiger partial charge in [-0.25, -0.2) is 4.57 Å². The minimum Gasteiger partial charge on any atom is -0.457 e. The molecular weight excluding hydrogens is 721 g/mol. The molecule has 0 radical (unpaired) electrons. The van der Waals surface area contributed by atoms with Crippen molar-refractivity contribution in [3.05, 3.63) is 0 Å². The van der Waals surface area contributed by atoms with Crippen LogP contribution in [-0.2, 0) is 27.9 Å². The van der Waals surface area contributed by atoms with Gasteiger partial charge in [-0.1, -0.05) is 219 Å². The Hall–Kier alpha value is -0.500. The number of unbranched alkanes of at least 4 members (excludes halogenated alkanes) is 32. The predicted molar refractivity (Wildman–Crippen MR) is 238 cm³/mol. The lowest BCUT2D eigenvalue weighted by Gasteiger charge is -2.24. The SMILES string of the molecule is CCCCCCCCCCCCCCCCCCCCCCCCOCC(COP(=O)(O)OCC[N+](C)(C)C)OC(=O)CCCCCCCCCCCCCC. The number of carbonyl (C=O) groups excluding carboxylic acids is 1. The lowest BCUT2D eigenvalue weighted by atomic mass is 10.0. The Balaban J connectivity index is 4.04. The van der Waals surface area contributed by atoms with Gasteiger partial charge in [0.05, 0.1) is 34.4 Å². The highest BCUT2D eigenvalue weighted by Gasteiger charge is 2.26. The van der Waals surface area contributed by atoms with Gasteiger partial charge >= 0.3 is 13.8 Å². The lowest BCUT2D eigenvalue weighted by Crippen LogP contribution is -2.37. The molecule has 2 unspecified atom stereocenters. The van der Waals surface area contributed by atoms with Gasteiger partial charge in [-0.2, -0.15) is 0 Å². The maximum Gasteiger partial charge on any atom is 0.472 e. The van der Waals surface area contributed by atoms with E-state index in [2.05, 4.69) is 13.8 Å². The van der Waals surface area contributed by atoms with E-state index in [4.69, 9.17) is 18.5 Å². The predicted octanol–water partition coefficient (Wildman–Crippen LogP) is 14.4. The van der Waals surface area contributed by atoms with E-state index in [0.717, 1.165) is 32.1 Å². The van der Waals surface area contributed by atoms with E-state index in [-0.39, 0.29) is 25.8 Å². The molecule has 0 saturated heterocycles. The van der Waals surface area contributed by atoms with E-state index in [1.807, 2.05) is 21.1 Å². The van der Waals surface area contributed by atoms with Gasteiger partial charge in [0.25, 0.3) is 0 Å². The molecule has 8 nitrogen and oxygen atoms in total. The third kappa shape index (κ3) is 44.6. The van der Waals surface area contributed by atoms with Crippen LogP contribution in [0.25, 0.3) is 0 Å². The number of likely N-dealkylation sites (N-methyl/N-ethyl adjacent to an activating group) is 1. The number of hydrogen-bond donors (Lipinski definition) is 1. The van der Waals surface area contributed by atoms with Crippen LogP contribution < -0.4 is 0 Å². The molecule has 0 rings (SSSR count). The molecule has 0 fully saturated rings. The monoisotopic (exact) mass is 819 g/mol. The highest BCUT2D eigenvalue weighted by molar-refractivity contribution is 7.47. The Morgan fingerprint density at radius 3 is 1.18 bits per heavy atom. The first-order valence-electron chi connectivity index (χ1n) is 24.3. The number of phosphoric ester groups is 1. The molecule has 336 valence electrons. The molecule has 0 saturated carbocycles. The third-order valence-electron chi connectivity index (χ3n) is 10.9. The van der Waals surface area contributed by atoms with Crippen LogP contribution in [0.15, 0.2) is 0 Å². The fraction of sp³-hybridized carbons (Fsp3) is 0.979. The highest BCUT2D eigenvalue weighted by Crippen LogP contribution is 2.43. The second kappa shape index (κ2) is 41.2. The largest absolute Gasteiger partial charge is 0.472 e. The average Bonchev–Trinajstić information content (AvgIpc) is 3.15. The van der Waals surface area contributed by atoms with Crippen LogP contribution in [0.4, 0.5) is 0 Å². The minimum atomic E-state index is -4.27.